The van der Waals surface area contributed by atoms with E-state index in [-0.39, 0.29) is 5.91 Å². The van der Waals surface area contributed by atoms with Gasteiger partial charge in [0.05, 0.1) is 13.2 Å². The molecule has 2 aromatic rings. The highest BCUT2D eigenvalue weighted by molar-refractivity contribution is 5.82. The highest BCUT2D eigenvalue weighted by Crippen LogP contribution is 2.11. The SMILES string of the molecule is Cc1ccc(C(N)C(=O)NCCOCc2ccccc2)cc1. The lowest BCUT2D eigenvalue weighted by atomic mass is 10.1. The molecule has 0 fully saturated rings. The summed E-state index contributed by atoms with van der Waals surface area (Å²) in [5.41, 5.74) is 9.01. The van der Waals surface area contributed by atoms with Crippen molar-refractivity contribution in [3.63, 3.8) is 0 Å². The number of aryl methyl sites for hydroxylation is 1. The number of hydrogen-bond acceptors (Lipinski definition) is 3. The van der Waals surface area contributed by atoms with Crippen molar-refractivity contribution in [2.24, 2.45) is 5.73 Å². The number of ether oxygens (including phenoxy) is 1. The van der Waals surface area contributed by atoms with E-state index in [2.05, 4.69) is 5.32 Å². The predicted octanol–water partition coefficient (Wildman–Crippen LogP) is 2.33. The number of rotatable bonds is 7. The highest BCUT2D eigenvalue weighted by atomic mass is 16.5. The zero-order chi connectivity index (χ0) is 15.8. The van der Waals surface area contributed by atoms with E-state index in [1.54, 1.807) is 0 Å². The molecule has 1 unspecified atom stereocenters. The summed E-state index contributed by atoms with van der Waals surface area (Å²) in [4.78, 5) is 12.0. The Balaban J connectivity index is 1.68. The van der Waals surface area contributed by atoms with Gasteiger partial charge in [0.25, 0.3) is 0 Å². The number of carbonyl (C=O) groups excluding carboxylic acids is 1. The maximum absolute atomic E-state index is 12.0. The molecule has 0 radical (unpaired) electrons. The van der Waals surface area contributed by atoms with Crippen LogP contribution in [0.5, 0.6) is 0 Å². The van der Waals surface area contributed by atoms with E-state index >= 15 is 0 Å². The summed E-state index contributed by atoms with van der Waals surface area (Å²) >= 11 is 0. The fraction of sp³-hybridized carbons (Fsp3) is 0.278. The lowest BCUT2D eigenvalue weighted by molar-refractivity contribution is -0.122. The normalized spacial score (nSPS) is 11.9. The standard InChI is InChI=1S/C18H22N2O2/c1-14-7-9-16(10-8-14)17(19)18(21)20-11-12-22-13-15-5-3-2-4-6-15/h2-10,17H,11-13,19H2,1H3,(H,20,21). The number of amides is 1. The van der Waals surface area contributed by atoms with Crippen LogP contribution in [0, 0.1) is 6.92 Å². The first kappa shape index (κ1) is 16.2. The Morgan fingerprint density at radius 1 is 1.14 bits per heavy atom. The molecule has 1 amide bonds. The molecule has 1 atom stereocenters. The van der Waals surface area contributed by atoms with Gasteiger partial charge in [0, 0.05) is 6.54 Å². The third kappa shape index (κ3) is 4.98. The van der Waals surface area contributed by atoms with Crippen LogP contribution < -0.4 is 11.1 Å². The van der Waals surface area contributed by atoms with Gasteiger partial charge in [-0.2, -0.15) is 0 Å². The van der Waals surface area contributed by atoms with Gasteiger partial charge in [-0.25, -0.2) is 0 Å². The van der Waals surface area contributed by atoms with Crippen LogP contribution in [0.1, 0.15) is 22.7 Å². The molecule has 2 rings (SSSR count). The zero-order valence-corrected chi connectivity index (χ0v) is 12.8. The van der Waals surface area contributed by atoms with E-state index in [0.29, 0.717) is 19.8 Å². The summed E-state index contributed by atoms with van der Waals surface area (Å²) in [5.74, 6) is -0.188. The molecule has 0 aliphatic rings. The van der Waals surface area contributed by atoms with Gasteiger partial charge in [-0.1, -0.05) is 60.2 Å². The van der Waals surface area contributed by atoms with E-state index < -0.39 is 6.04 Å². The first-order valence-electron chi connectivity index (χ1n) is 7.38. The Hall–Kier alpha value is -2.17. The smallest absolute Gasteiger partial charge is 0.241 e. The summed E-state index contributed by atoms with van der Waals surface area (Å²) in [5, 5.41) is 2.79. The first-order valence-corrected chi connectivity index (χ1v) is 7.38. The van der Waals surface area contributed by atoms with Crippen molar-refractivity contribution in [3.8, 4) is 0 Å². The summed E-state index contributed by atoms with van der Waals surface area (Å²) in [7, 11) is 0. The van der Waals surface area contributed by atoms with Crippen LogP contribution >= 0.6 is 0 Å². The van der Waals surface area contributed by atoms with Crippen LogP contribution in [0.2, 0.25) is 0 Å². The molecule has 3 N–H and O–H groups in total. The number of hydrogen-bond donors (Lipinski definition) is 2. The van der Waals surface area contributed by atoms with Gasteiger partial charge in [0.15, 0.2) is 0 Å². The summed E-state index contributed by atoms with van der Waals surface area (Å²) in [6.45, 7) is 3.45. The van der Waals surface area contributed by atoms with Crippen molar-refractivity contribution in [3.05, 3.63) is 71.3 Å². The molecule has 2 aromatic carbocycles. The van der Waals surface area contributed by atoms with E-state index in [1.807, 2.05) is 61.5 Å². The molecule has 0 aliphatic carbocycles. The Labute approximate surface area is 131 Å². The van der Waals surface area contributed by atoms with Crippen LogP contribution in [0.3, 0.4) is 0 Å². The molecule has 0 spiro atoms. The molecule has 0 heterocycles. The predicted molar refractivity (Wildman–Crippen MR) is 87.2 cm³/mol. The Morgan fingerprint density at radius 2 is 1.82 bits per heavy atom. The molecule has 0 bridgehead atoms. The third-order valence-corrected chi connectivity index (χ3v) is 3.38. The molecule has 0 aromatic heterocycles. The number of nitrogens with two attached hydrogens (primary N) is 1. The third-order valence-electron chi connectivity index (χ3n) is 3.38. The second-order valence-electron chi connectivity index (χ2n) is 5.22. The van der Waals surface area contributed by atoms with Gasteiger partial charge < -0.3 is 15.8 Å². The van der Waals surface area contributed by atoms with Crippen molar-refractivity contribution >= 4 is 5.91 Å². The quantitative estimate of drug-likeness (QED) is 0.771. The summed E-state index contributed by atoms with van der Waals surface area (Å²) in [6.07, 6.45) is 0. The molecule has 0 aliphatic heterocycles. The average Bonchev–Trinajstić information content (AvgIpc) is 2.55. The van der Waals surface area contributed by atoms with Crippen LogP contribution in [0.4, 0.5) is 0 Å². The van der Waals surface area contributed by atoms with Crippen LogP contribution in [-0.2, 0) is 16.1 Å². The van der Waals surface area contributed by atoms with E-state index in [9.17, 15) is 4.79 Å². The molecule has 0 saturated heterocycles. The second-order valence-corrected chi connectivity index (χ2v) is 5.22. The van der Waals surface area contributed by atoms with Crippen molar-refractivity contribution < 1.29 is 9.53 Å². The fourth-order valence-corrected chi connectivity index (χ4v) is 2.05. The summed E-state index contributed by atoms with van der Waals surface area (Å²) in [6, 6.07) is 16.9. The van der Waals surface area contributed by atoms with Crippen molar-refractivity contribution in [1.82, 2.24) is 5.32 Å². The van der Waals surface area contributed by atoms with Crippen LogP contribution in [0.15, 0.2) is 54.6 Å². The van der Waals surface area contributed by atoms with Gasteiger partial charge in [-0.3, -0.25) is 4.79 Å². The number of carbonyl (C=O) groups is 1. The average molecular weight is 298 g/mol. The topological polar surface area (TPSA) is 64.4 Å². The molecule has 4 heteroatoms. The monoisotopic (exact) mass is 298 g/mol. The zero-order valence-electron chi connectivity index (χ0n) is 12.8. The van der Waals surface area contributed by atoms with Gasteiger partial charge in [0.1, 0.15) is 6.04 Å². The van der Waals surface area contributed by atoms with E-state index in [1.165, 1.54) is 0 Å². The molecule has 116 valence electrons. The highest BCUT2D eigenvalue weighted by Gasteiger charge is 2.14. The maximum atomic E-state index is 12.0. The van der Waals surface area contributed by atoms with Crippen molar-refractivity contribution in [2.75, 3.05) is 13.2 Å². The van der Waals surface area contributed by atoms with Gasteiger partial charge in [-0.15, -0.1) is 0 Å². The van der Waals surface area contributed by atoms with Gasteiger partial charge >= 0.3 is 0 Å². The van der Waals surface area contributed by atoms with Crippen molar-refractivity contribution in [1.29, 1.82) is 0 Å². The molecule has 22 heavy (non-hydrogen) atoms. The minimum atomic E-state index is -0.644. The number of benzene rings is 2. The Morgan fingerprint density at radius 3 is 2.50 bits per heavy atom. The van der Waals surface area contributed by atoms with Crippen LogP contribution in [0.25, 0.3) is 0 Å². The Bertz CT molecular complexity index is 582. The summed E-state index contributed by atoms with van der Waals surface area (Å²) < 4.78 is 5.52. The van der Waals surface area contributed by atoms with Gasteiger partial charge in [0.2, 0.25) is 5.91 Å². The second kappa shape index (κ2) is 8.32. The first-order chi connectivity index (χ1) is 10.7. The van der Waals surface area contributed by atoms with Gasteiger partial charge in [-0.05, 0) is 18.1 Å². The largest absolute Gasteiger partial charge is 0.375 e. The van der Waals surface area contributed by atoms with E-state index in [0.717, 1.165) is 16.7 Å². The lowest BCUT2D eigenvalue weighted by Crippen LogP contribution is -2.35. The van der Waals surface area contributed by atoms with E-state index in [4.69, 9.17) is 10.5 Å². The molecule has 0 saturated carbocycles. The number of nitrogens with one attached hydrogen (secondary N) is 1. The minimum absolute atomic E-state index is 0.188. The maximum Gasteiger partial charge on any atom is 0.241 e. The molecule has 4 nitrogen and oxygen atoms in total. The Kier molecular flexibility index (Phi) is 6.13. The lowest BCUT2D eigenvalue weighted by Gasteiger charge is -2.13. The van der Waals surface area contributed by atoms with Crippen LogP contribution in [-0.4, -0.2) is 19.1 Å². The fourth-order valence-electron chi connectivity index (χ4n) is 2.05. The van der Waals surface area contributed by atoms with Crippen molar-refractivity contribution in [2.45, 2.75) is 19.6 Å². The molecular formula is C18H22N2O2. The minimum Gasteiger partial charge on any atom is -0.375 e. The molecular weight excluding hydrogens is 276 g/mol.